The summed E-state index contributed by atoms with van der Waals surface area (Å²) >= 11 is 0. The van der Waals surface area contributed by atoms with E-state index in [2.05, 4.69) is 10.3 Å². The number of hydrogen-bond donors (Lipinski definition) is 1. The van der Waals surface area contributed by atoms with Gasteiger partial charge >= 0.3 is 6.03 Å². The molecule has 1 aliphatic rings. The first-order valence-corrected chi connectivity index (χ1v) is 6.98. The fraction of sp³-hybridized carbons (Fsp3) is 0.250. The second-order valence-corrected chi connectivity index (χ2v) is 4.97. The topological polar surface area (TPSA) is 45.2 Å². The molecule has 0 saturated carbocycles. The summed E-state index contributed by atoms with van der Waals surface area (Å²) in [6.07, 6.45) is 3.64. The van der Waals surface area contributed by atoms with Gasteiger partial charge in [0.2, 0.25) is 0 Å². The number of rotatable bonds is 2. The summed E-state index contributed by atoms with van der Waals surface area (Å²) in [5, 5.41) is 2.81. The van der Waals surface area contributed by atoms with Crippen LogP contribution in [-0.4, -0.2) is 24.1 Å². The van der Waals surface area contributed by atoms with Crippen molar-refractivity contribution < 1.29 is 9.18 Å². The zero-order valence-corrected chi connectivity index (χ0v) is 11.8. The molecule has 1 N–H and O–H groups in total. The van der Waals surface area contributed by atoms with Gasteiger partial charge in [0.15, 0.2) is 0 Å². The van der Waals surface area contributed by atoms with Crippen LogP contribution in [0.4, 0.5) is 14.9 Å². The average molecular weight is 285 g/mol. The van der Waals surface area contributed by atoms with Gasteiger partial charge in [0.25, 0.3) is 0 Å². The number of nitrogens with zero attached hydrogens (tertiary/aromatic N) is 2. The van der Waals surface area contributed by atoms with Crippen molar-refractivity contribution in [2.24, 2.45) is 0 Å². The lowest BCUT2D eigenvalue weighted by Crippen LogP contribution is -2.38. The molecule has 0 atom stereocenters. The molecule has 0 spiro atoms. The Morgan fingerprint density at radius 3 is 2.95 bits per heavy atom. The van der Waals surface area contributed by atoms with E-state index >= 15 is 0 Å². The lowest BCUT2D eigenvalue weighted by Gasteiger charge is -2.17. The molecule has 2 amide bonds. The molecule has 1 aliphatic heterocycles. The number of aromatic nitrogens is 1. The van der Waals surface area contributed by atoms with Crippen molar-refractivity contribution in [3.8, 4) is 11.1 Å². The molecular weight excluding hydrogens is 269 g/mol. The van der Waals surface area contributed by atoms with Crippen molar-refractivity contribution in [3.63, 3.8) is 0 Å². The summed E-state index contributed by atoms with van der Waals surface area (Å²) in [5.74, 6) is -0.350. The van der Waals surface area contributed by atoms with Crippen LogP contribution in [0.3, 0.4) is 0 Å². The molecule has 2 aromatic rings. The van der Waals surface area contributed by atoms with E-state index in [9.17, 15) is 9.18 Å². The molecule has 1 aromatic carbocycles. The molecule has 3 rings (SSSR count). The summed E-state index contributed by atoms with van der Waals surface area (Å²) in [6, 6.07) is 7.21. The minimum absolute atomic E-state index is 0.0728. The maximum absolute atomic E-state index is 13.3. The normalized spacial score (nSPS) is 13.1. The zero-order chi connectivity index (χ0) is 14.8. The molecular formula is C16H16FN3O. The molecule has 21 heavy (non-hydrogen) atoms. The first kappa shape index (κ1) is 13.5. The monoisotopic (exact) mass is 285 g/mol. The Bertz CT molecular complexity index is 687. The first-order valence-electron chi connectivity index (χ1n) is 6.98. The number of hydrogen-bond acceptors (Lipinski definition) is 2. The summed E-state index contributed by atoms with van der Waals surface area (Å²) in [6.45, 7) is 3.18. The van der Waals surface area contributed by atoms with Crippen LogP contribution in [0, 0.1) is 5.82 Å². The minimum atomic E-state index is -0.350. The van der Waals surface area contributed by atoms with Gasteiger partial charge in [-0.2, -0.15) is 0 Å². The second-order valence-electron chi connectivity index (χ2n) is 4.97. The van der Waals surface area contributed by atoms with Gasteiger partial charge in [-0.05, 0) is 42.7 Å². The van der Waals surface area contributed by atoms with Gasteiger partial charge in [0.05, 0.1) is 6.20 Å². The maximum atomic E-state index is 13.3. The molecule has 0 saturated heterocycles. The highest BCUT2D eigenvalue weighted by Crippen LogP contribution is 2.32. The Balaban J connectivity index is 1.92. The highest BCUT2D eigenvalue weighted by atomic mass is 19.1. The Morgan fingerprint density at radius 2 is 2.19 bits per heavy atom. The van der Waals surface area contributed by atoms with Crippen molar-refractivity contribution in [1.82, 2.24) is 10.3 Å². The van der Waals surface area contributed by atoms with E-state index in [0.29, 0.717) is 13.1 Å². The number of urea groups is 1. The van der Waals surface area contributed by atoms with Crippen molar-refractivity contribution in [2.75, 3.05) is 18.0 Å². The number of carbonyl (C=O) groups excluding carboxylic acids is 1. The van der Waals surface area contributed by atoms with E-state index in [1.807, 2.05) is 25.1 Å². The van der Waals surface area contributed by atoms with Gasteiger partial charge in [-0.25, -0.2) is 9.18 Å². The zero-order valence-electron chi connectivity index (χ0n) is 11.8. The second kappa shape index (κ2) is 5.52. The summed E-state index contributed by atoms with van der Waals surface area (Å²) in [7, 11) is 0. The van der Waals surface area contributed by atoms with E-state index in [1.165, 1.54) is 12.3 Å². The number of pyridine rings is 1. The van der Waals surface area contributed by atoms with E-state index < -0.39 is 0 Å². The fourth-order valence-corrected chi connectivity index (χ4v) is 2.61. The lowest BCUT2D eigenvalue weighted by atomic mass is 10.0. The molecule has 0 bridgehead atoms. The first-order chi connectivity index (χ1) is 10.2. The third kappa shape index (κ3) is 2.59. The Hall–Kier alpha value is -2.43. The summed E-state index contributed by atoms with van der Waals surface area (Å²) < 4.78 is 13.3. The Morgan fingerprint density at radius 1 is 1.33 bits per heavy atom. The summed E-state index contributed by atoms with van der Waals surface area (Å²) in [4.78, 5) is 17.6. The van der Waals surface area contributed by atoms with Crippen LogP contribution in [-0.2, 0) is 6.42 Å². The predicted octanol–water partition coefficient (Wildman–Crippen LogP) is 2.98. The third-order valence-electron chi connectivity index (χ3n) is 3.59. The quantitative estimate of drug-likeness (QED) is 0.922. The molecule has 0 aliphatic carbocycles. The van der Waals surface area contributed by atoms with Crippen LogP contribution in [0.1, 0.15) is 12.5 Å². The Kier molecular flexibility index (Phi) is 3.56. The highest BCUT2D eigenvalue weighted by molar-refractivity contribution is 5.94. The van der Waals surface area contributed by atoms with Crippen LogP contribution in [0.25, 0.3) is 11.1 Å². The molecule has 4 nitrogen and oxygen atoms in total. The largest absolute Gasteiger partial charge is 0.338 e. The number of amides is 2. The molecule has 5 heteroatoms. The SMILES string of the molecule is CCNC(=O)N1CCc2cc(-c3cncc(F)c3)ccc21. The van der Waals surface area contributed by atoms with Gasteiger partial charge in [-0.15, -0.1) is 0 Å². The van der Waals surface area contributed by atoms with Crippen LogP contribution < -0.4 is 10.2 Å². The number of anilines is 1. The van der Waals surface area contributed by atoms with Crippen molar-refractivity contribution in [3.05, 3.63) is 48.0 Å². The number of benzene rings is 1. The van der Waals surface area contributed by atoms with Crippen LogP contribution >= 0.6 is 0 Å². The fourth-order valence-electron chi connectivity index (χ4n) is 2.61. The smallest absolute Gasteiger partial charge is 0.321 e. The van der Waals surface area contributed by atoms with E-state index in [-0.39, 0.29) is 11.8 Å². The number of carbonyl (C=O) groups is 1. The van der Waals surface area contributed by atoms with Gasteiger partial charge in [-0.1, -0.05) is 6.07 Å². The van der Waals surface area contributed by atoms with Crippen LogP contribution in [0.15, 0.2) is 36.7 Å². The van der Waals surface area contributed by atoms with Crippen LogP contribution in [0.2, 0.25) is 0 Å². The van der Waals surface area contributed by atoms with Crippen LogP contribution in [0.5, 0.6) is 0 Å². The van der Waals surface area contributed by atoms with E-state index in [4.69, 9.17) is 0 Å². The average Bonchev–Trinajstić information content (AvgIpc) is 2.90. The van der Waals surface area contributed by atoms with Gasteiger partial charge in [0, 0.05) is 30.5 Å². The van der Waals surface area contributed by atoms with Crippen molar-refractivity contribution in [2.45, 2.75) is 13.3 Å². The highest BCUT2D eigenvalue weighted by Gasteiger charge is 2.24. The maximum Gasteiger partial charge on any atom is 0.321 e. The lowest BCUT2D eigenvalue weighted by molar-refractivity contribution is 0.247. The van der Waals surface area contributed by atoms with Gasteiger partial charge in [0.1, 0.15) is 5.82 Å². The Labute approximate surface area is 122 Å². The molecule has 0 radical (unpaired) electrons. The van der Waals surface area contributed by atoms with Gasteiger partial charge in [-0.3, -0.25) is 9.88 Å². The predicted molar refractivity (Wildman–Crippen MR) is 79.8 cm³/mol. The van der Waals surface area contributed by atoms with Crippen molar-refractivity contribution >= 4 is 11.7 Å². The molecule has 2 heterocycles. The molecule has 0 fully saturated rings. The molecule has 1 aromatic heterocycles. The van der Waals surface area contributed by atoms with E-state index in [0.717, 1.165) is 28.8 Å². The third-order valence-corrected chi connectivity index (χ3v) is 3.59. The molecule has 108 valence electrons. The standard InChI is InChI=1S/C16H16FN3O/c1-2-19-16(21)20-6-5-12-7-11(3-4-15(12)20)13-8-14(17)10-18-9-13/h3-4,7-10H,2,5-6H2,1H3,(H,19,21). The number of halogens is 1. The molecule has 0 unspecified atom stereocenters. The minimum Gasteiger partial charge on any atom is -0.338 e. The van der Waals surface area contributed by atoms with E-state index in [1.54, 1.807) is 11.1 Å². The van der Waals surface area contributed by atoms with Gasteiger partial charge < -0.3 is 5.32 Å². The summed E-state index contributed by atoms with van der Waals surface area (Å²) in [5.41, 5.74) is 3.69. The number of nitrogens with one attached hydrogen (secondary N) is 1. The number of fused-ring (bicyclic) bond motifs is 1. The van der Waals surface area contributed by atoms with Crippen molar-refractivity contribution in [1.29, 1.82) is 0 Å².